The molecular formula is C23H23N5O4. The number of hydrogen-bond acceptors (Lipinski definition) is 7. The van der Waals surface area contributed by atoms with E-state index in [1.54, 1.807) is 48.4 Å². The van der Waals surface area contributed by atoms with Gasteiger partial charge in [0.05, 0.1) is 23.6 Å². The van der Waals surface area contributed by atoms with E-state index in [2.05, 4.69) is 15.1 Å². The van der Waals surface area contributed by atoms with Gasteiger partial charge in [-0.25, -0.2) is 0 Å². The van der Waals surface area contributed by atoms with E-state index in [4.69, 9.17) is 10.6 Å². The van der Waals surface area contributed by atoms with Crippen molar-refractivity contribution < 1.29 is 14.6 Å². The Labute approximate surface area is 183 Å². The van der Waals surface area contributed by atoms with Crippen LogP contribution in [0.25, 0.3) is 10.9 Å². The molecule has 32 heavy (non-hydrogen) atoms. The Morgan fingerprint density at radius 2 is 2.03 bits per heavy atom. The molecule has 0 unspecified atom stereocenters. The van der Waals surface area contributed by atoms with Gasteiger partial charge in [0.25, 0.3) is 11.5 Å². The van der Waals surface area contributed by atoms with Crippen LogP contribution in [0.3, 0.4) is 0 Å². The van der Waals surface area contributed by atoms with Crippen molar-refractivity contribution >= 4 is 34.4 Å². The lowest BCUT2D eigenvalue weighted by Crippen LogP contribution is -2.29. The van der Waals surface area contributed by atoms with Crippen LogP contribution in [0.2, 0.25) is 0 Å². The molecule has 2 aromatic carbocycles. The number of nitrogens with two attached hydrogens (primary N) is 1. The number of likely N-dealkylation sites (tertiary alicyclic amines) is 1. The second-order valence-corrected chi connectivity index (χ2v) is 7.50. The average Bonchev–Trinajstić information content (AvgIpc) is 3.29. The zero-order valence-corrected chi connectivity index (χ0v) is 17.5. The molecule has 1 amide bonds. The molecule has 0 spiro atoms. The van der Waals surface area contributed by atoms with E-state index in [0.29, 0.717) is 35.2 Å². The minimum absolute atomic E-state index is 0.0461. The number of fused-ring (bicyclic) bond motifs is 1. The lowest BCUT2D eigenvalue weighted by molar-refractivity contribution is 0.0724. The second kappa shape index (κ2) is 9.03. The summed E-state index contributed by atoms with van der Waals surface area (Å²) in [4.78, 5) is 33.9. The normalized spacial score (nSPS) is 16.8. The number of amides is 1. The van der Waals surface area contributed by atoms with Gasteiger partial charge in [0.1, 0.15) is 11.5 Å². The molecule has 1 aromatic heterocycles. The number of benzene rings is 2. The molecule has 1 aliphatic rings. The van der Waals surface area contributed by atoms with Crippen LogP contribution in [0.5, 0.6) is 5.75 Å². The molecule has 0 saturated carbocycles. The first-order chi connectivity index (χ1) is 15.5. The molecular weight excluding hydrogens is 410 g/mol. The van der Waals surface area contributed by atoms with Crippen molar-refractivity contribution in [2.24, 2.45) is 15.9 Å². The Hall–Kier alpha value is -3.98. The zero-order chi connectivity index (χ0) is 22.7. The van der Waals surface area contributed by atoms with Crippen molar-refractivity contribution in [1.29, 1.82) is 0 Å². The number of ether oxygens (including phenoxy) is 1. The van der Waals surface area contributed by atoms with Gasteiger partial charge in [-0.15, -0.1) is 0 Å². The van der Waals surface area contributed by atoms with Crippen molar-refractivity contribution in [3.63, 3.8) is 0 Å². The van der Waals surface area contributed by atoms with E-state index in [1.165, 1.54) is 18.3 Å². The van der Waals surface area contributed by atoms with Crippen molar-refractivity contribution in [3.8, 4) is 5.75 Å². The highest BCUT2D eigenvalue weighted by Gasteiger charge is 2.26. The van der Waals surface area contributed by atoms with Gasteiger partial charge in [0.2, 0.25) is 0 Å². The first-order valence-corrected chi connectivity index (χ1v) is 10.1. The van der Waals surface area contributed by atoms with Crippen molar-refractivity contribution in [1.82, 2.24) is 9.88 Å². The monoisotopic (exact) mass is 433 g/mol. The first-order valence-electron chi connectivity index (χ1n) is 10.1. The maximum Gasteiger partial charge on any atom is 0.258 e. The summed E-state index contributed by atoms with van der Waals surface area (Å²) < 4.78 is 5.31. The number of H-pyrrole nitrogens is 1. The van der Waals surface area contributed by atoms with Crippen molar-refractivity contribution in [3.05, 3.63) is 70.0 Å². The summed E-state index contributed by atoms with van der Waals surface area (Å²) in [6.07, 6.45) is 2.30. The van der Waals surface area contributed by atoms with E-state index in [1.807, 2.05) is 0 Å². The van der Waals surface area contributed by atoms with E-state index in [0.717, 1.165) is 6.42 Å². The number of phenolic OH excluding ortho intramolecular Hbond substituents is 1. The number of rotatable bonds is 5. The van der Waals surface area contributed by atoms with Gasteiger partial charge in [-0.05, 0) is 55.0 Å². The number of carbonyl (C=O) groups excluding carboxylic acids is 1. The predicted molar refractivity (Wildman–Crippen MR) is 123 cm³/mol. The fourth-order valence-corrected chi connectivity index (χ4v) is 3.67. The predicted octanol–water partition coefficient (Wildman–Crippen LogP) is 2.16. The van der Waals surface area contributed by atoms with E-state index >= 15 is 0 Å². The van der Waals surface area contributed by atoms with Gasteiger partial charge in [-0.2, -0.15) is 5.10 Å². The van der Waals surface area contributed by atoms with Gasteiger partial charge >= 0.3 is 0 Å². The van der Waals surface area contributed by atoms with Crippen LogP contribution in [0.15, 0.2) is 63.4 Å². The van der Waals surface area contributed by atoms with Crippen LogP contribution < -0.4 is 11.4 Å². The molecule has 1 aliphatic heterocycles. The number of phenols is 1. The number of hydrazone groups is 1. The van der Waals surface area contributed by atoms with Gasteiger partial charge in [0.15, 0.2) is 0 Å². The zero-order valence-electron chi connectivity index (χ0n) is 17.5. The topological polar surface area (TPSA) is 133 Å². The number of nitrogens with one attached hydrogen (secondary N) is 1. The summed E-state index contributed by atoms with van der Waals surface area (Å²) in [7, 11) is 1.65. The number of aromatic hydroxyl groups is 1. The van der Waals surface area contributed by atoms with Crippen LogP contribution in [-0.2, 0) is 4.74 Å². The average molecular weight is 433 g/mol. The van der Waals surface area contributed by atoms with E-state index < -0.39 is 0 Å². The highest BCUT2D eigenvalue weighted by atomic mass is 16.5. The summed E-state index contributed by atoms with van der Waals surface area (Å²) in [6.45, 7) is 1.26. The maximum atomic E-state index is 12.6. The number of aromatic nitrogens is 1. The molecule has 0 aliphatic carbocycles. The molecule has 0 bridgehead atoms. The fourth-order valence-electron chi connectivity index (χ4n) is 3.67. The molecule has 0 radical (unpaired) electrons. The number of pyridine rings is 1. The summed E-state index contributed by atoms with van der Waals surface area (Å²) in [5.41, 5.74) is 1.76. The Balaban J connectivity index is 1.52. The van der Waals surface area contributed by atoms with Crippen LogP contribution in [0, 0.1) is 0 Å². The molecule has 1 atom stereocenters. The second-order valence-electron chi connectivity index (χ2n) is 7.50. The molecule has 4 N–H and O–H groups in total. The molecule has 9 heteroatoms. The van der Waals surface area contributed by atoms with Gasteiger partial charge in [-0.3, -0.25) is 14.6 Å². The summed E-state index contributed by atoms with van der Waals surface area (Å²) >= 11 is 0. The number of aromatic amines is 1. The smallest absolute Gasteiger partial charge is 0.258 e. The third kappa shape index (κ3) is 4.37. The van der Waals surface area contributed by atoms with Crippen molar-refractivity contribution in [2.75, 3.05) is 20.2 Å². The largest absolute Gasteiger partial charge is 0.508 e. The number of methoxy groups -OCH3 is 1. The Kier molecular flexibility index (Phi) is 6.00. The van der Waals surface area contributed by atoms with Crippen LogP contribution in [0.4, 0.5) is 5.69 Å². The van der Waals surface area contributed by atoms with E-state index in [9.17, 15) is 14.7 Å². The minimum Gasteiger partial charge on any atom is -0.508 e. The number of carbonyl (C=O) groups is 1. The van der Waals surface area contributed by atoms with Gasteiger partial charge in [-0.1, -0.05) is 0 Å². The lowest BCUT2D eigenvalue weighted by atomic mass is 10.1. The van der Waals surface area contributed by atoms with Crippen molar-refractivity contribution in [2.45, 2.75) is 12.5 Å². The minimum atomic E-state index is -0.375. The van der Waals surface area contributed by atoms with E-state index in [-0.39, 0.29) is 34.6 Å². The highest BCUT2D eigenvalue weighted by molar-refractivity contribution is 6.38. The van der Waals surface area contributed by atoms with Crippen LogP contribution >= 0.6 is 0 Å². The molecule has 4 rings (SSSR count). The lowest BCUT2D eigenvalue weighted by Gasteiger charge is -2.16. The van der Waals surface area contributed by atoms with Crippen LogP contribution in [0.1, 0.15) is 22.3 Å². The fraction of sp³-hybridized carbons (Fsp3) is 0.217. The Bertz CT molecular complexity index is 1260. The highest BCUT2D eigenvalue weighted by Crippen LogP contribution is 2.19. The summed E-state index contributed by atoms with van der Waals surface area (Å²) in [6, 6.07) is 13.1. The summed E-state index contributed by atoms with van der Waals surface area (Å²) in [5, 5.41) is 14.0. The number of nitrogens with zero attached hydrogens (tertiary/aromatic N) is 3. The molecule has 164 valence electrons. The van der Waals surface area contributed by atoms with Gasteiger partial charge in [0, 0.05) is 36.7 Å². The Morgan fingerprint density at radius 1 is 1.25 bits per heavy atom. The number of aliphatic imine (C=N–C) groups is 1. The SMILES string of the molecule is CO[C@@H]1CCN(C(=O)c2ccc(N=CC(=NN)c3cc4cc(O)ccc4[nH]c3=O)cc2)C1. The Morgan fingerprint density at radius 3 is 2.72 bits per heavy atom. The first kappa shape index (κ1) is 21.3. The molecule has 2 heterocycles. The molecule has 1 fully saturated rings. The molecule has 1 saturated heterocycles. The van der Waals surface area contributed by atoms with Gasteiger partial charge < -0.3 is 25.6 Å². The third-order valence-electron chi connectivity index (χ3n) is 5.46. The third-order valence-corrected chi connectivity index (χ3v) is 5.46. The standard InChI is InChI=1S/C23H23N5O4/c1-32-18-8-9-28(13-18)23(31)14-2-4-16(5-3-14)25-12-21(27-24)19-11-15-10-17(29)6-7-20(15)26-22(19)30/h2-7,10-12,18,29H,8-9,13,24H2,1H3,(H,26,30)/t18-/m1/s1. The molecule has 3 aromatic rings. The molecule has 9 nitrogen and oxygen atoms in total. The summed E-state index contributed by atoms with van der Waals surface area (Å²) in [5.74, 6) is 5.54. The quantitative estimate of drug-likeness (QED) is 0.322. The van der Waals surface area contributed by atoms with Crippen LogP contribution in [-0.4, -0.2) is 59.1 Å². The maximum absolute atomic E-state index is 12.6. The number of hydrogen-bond donors (Lipinski definition) is 3.